The summed E-state index contributed by atoms with van der Waals surface area (Å²) in [5, 5.41) is 12.7. The highest BCUT2D eigenvalue weighted by Crippen LogP contribution is 2.37. The van der Waals surface area contributed by atoms with Gasteiger partial charge in [0, 0.05) is 12.1 Å². The molecule has 0 aliphatic carbocycles. The van der Waals surface area contributed by atoms with E-state index in [4.69, 9.17) is 9.47 Å². The second-order valence-electron chi connectivity index (χ2n) is 7.01. The largest absolute Gasteiger partial charge is 0.490 e. The Morgan fingerprint density at radius 2 is 1.77 bits per heavy atom. The maximum absolute atomic E-state index is 9.39. The summed E-state index contributed by atoms with van der Waals surface area (Å²) in [7, 11) is 0. The number of aliphatic hydroxyl groups excluding tert-OH is 1. The average Bonchev–Trinajstić information content (AvgIpc) is 2.61. The van der Waals surface area contributed by atoms with Gasteiger partial charge in [-0.2, -0.15) is 0 Å². The van der Waals surface area contributed by atoms with Crippen LogP contribution in [0.25, 0.3) is 0 Å². The number of nitrogens with one attached hydrogen (secondary N) is 1. The Bertz CT molecular complexity index is 714. The SMILES string of the molecule is CCOc1cc(CNC(C)(C)CO)cc(Br)c1OCc1ccc(C)cc1. The van der Waals surface area contributed by atoms with E-state index in [1.165, 1.54) is 5.56 Å². The van der Waals surface area contributed by atoms with Gasteiger partial charge in [-0.3, -0.25) is 0 Å². The van der Waals surface area contributed by atoms with Crippen LogP contribution in [0.3, 0.4) is 0 Å². The van der Waals surface area contributed by atoms with Crippen LogP contribution in [0.1, 0.15) is 37.5 Å². The molecule has 2 rings (SSSR count). The van der Waals surface area contributed by atoms with Crippen LogP contribution in [-0.4, -0.2) is 23.9 Å². The molecule has 4 nitrogen and oxygen atoms in total. The van der Waals surface area contributed by atoms with E-state index in [9.17, 15) is 5.11 Å². The quantitative estimate of drug-likeness (QED) is 0.621. The molecule has 0 aliphatic heterocycles. The first kappa shape index (κ1) is 20.7. The first-order valence-electron chi connectivity index (χ1n) is 8.84. The van der Waals surface area contributed by atoms with Crippen LogP contribution in [0.4, 0.5) is 0 Å². The zero-order valence-corrected chi connectivity index (χ0v) is 17.5. The number of halogens is 1. The Labute approximate surface area is 164 Å². The number of aryl methyl sites for hydroxylation is 1. The van der Waals surface area contributed by atoms with Crippen molar-refractivity contribution < 1.29 is 14.6 Å². The Morgan fingerprint density at radius 3 is 2.38 bits per heavy atom. The van der Waals surface area contributed by atoms with Gasteiger partial charge in [-0.1, -0.05) is 29.8 Å². The molecule has 0 bridgehead atoms. The normalized spacial score (nSPS) is 11.5. The van der Waals surface area contributed by atoms with Crippen LogP contribution in [0, 0.1) is 6.92 Å². The molecule has 0 fully saturated rings. The molecule has 0 spiro atoms. The highest BCUT2D eigenvalue weighted by atomic mass is 79.9. The van der Waals surface area contributed by atoms with Crippen LogP contribution < -0.4 is 14.8 Å². The molecule has 0 amide bonds. The zero-order valence-electron chi connectivity index (χ0n) is 15.9. The summed E-state index contributed by atoms with van der Waals surface area (Å²) in [6, 6.07) is 12.3. The molecular formula is C21H28BrNO3. The predicted octanol–water partition coefficient (Wildman–Crippen LogP) is 4.60. The molecule has 0 atom stereocenters. The van der Waals surface area contributed by atoms with Gasteiger partial charge in [0.05, 0.1) is 17.7 Å². The van der Waals surface area contributed by atoms with Gasteiger partial charge >= 0.3 is 0 Å². The van der Waals surface area contributed by atoms with Crippen LogP contribution in [0.2, 0.25) is 0 Å². The van der Waals surface area contributed by atoms with Crippen LogP contribution in [-0.2, 0) is 13.2 Å². The fourth-order valence-electron chi connectivity index (χ4n) is 2.36. The van der Waals surface area contributed by atoms with Gasteiger partial charge in [-0.25, -0.2) is 0 Å². The lowest BCUT2D eigenvalue weighted by atomic mass is 10.1. The maximum Gasteiger partial charge on any atom is 0.175 e. The van der Waals surface area contributed by atoms with Crippen molar-refractivity contribution in [2.75, 3.05) is 13.2 Å². The highest BCUT2D eigenvalue weighted by Gasteiger charge is 2.17. The Balaban J connectivity index is 2.15. The van der Waals surface area contributed by atoms with Crippen LogP contribution in [0.5, 0.6) is 11.5 Å². The number of hydrogen-bond acceptors (Lipinski definition) is 4. The van der Waals surface area contributed by atoms with Crippen LogP contribution >= 0.6 is 15.9 Å². The van der Waals surface area contributed by atoms with Crippen molar-refractivity contribution in [3.63, 3.8) is 0 Å². The monoisotopic (exact) mass is 421 g/mol. The van der Waals surface area contributed by atoms with E-state index in [1.54, 1.807) is 0 Å². The number of hydrogen-bond donors (Lipinski definition) is 2. The van der Waals surface area contributed by atoms with Crippen molar-refractivity contribution in [2.24, 2.45) is 0 Å². The van der Waals surface area contributed by atoms with Gasteiger partial charge in [0.2, 0.25) is 0 Å². The molecule has 0 aromatic heterocycles. The summed E-state index contributed by atoms with van der Waals surface area (Å²) in [6.45, 7) is 9.70. The molecule has 0 heterocycles. The molecule has 5 heteroatoms. The van der Waals surface area contributed by atoms with Crippen molar-refractivity contribution in [3.8, 4) is 11.5 Å². The van der Waals surface area contributed by atoms with Crippen molar-refractivity contribution >= 4 is 15.9 Å². The molecule has 0 radical (unpaired) electrons. The number of ether oxygens (including phenoxy) is 2. The van der Waals surface area contributed by atoms with Gasteiger partial charge in [-0.15, -0.1) is 0 Å². The average molecular weight is 422 g/mol. The number of rotatable bonds is 9. The van der Waals surface area contributed by atoms with Crippen molar-refractivity contribution in [1.82, 2.24) is 5.32 Å². The topological polar surface area (TPSA) is 50.7 Å². The minimum Gasteiger partial charge on any atom is -0.490 e. The second-order valence-corrected chi connectivity index (χ2v) is 7.86. The fraction of sp³-hybridized carbons (Fsp3) is 0.429. The lowest BCUT2D eigenvalue weighted by Crippen LogP contribution is -2.42. The third-order valence-electron chi connectivity index (χ3n) is 4.04. The van der Waals surface area contributed by atoms with Gasteiger partial charge in [0.25, 0.3) is 0 Å². The second kappa shape index (κ2) is 9.40. The van der Waals surface area contributed by atoms with Gasteiger partial charge in [0.1, 0.15) is 6.61 Å². The predicted molar refractivity (Wildman–Crippen MR) is 109 cm³/mol. The van der Waals surface area contributed by atoms with Crippen molar-refractivity contribution in [2.45, 2.75) is 46.4 Å². The van der Waals surface area contributed by atoms with Gasteiger partial charge in [0.15, 0.2) is 11.5 Å². The number of benzene rings is 2. The lowest BCUT2D eigenvalue weighted by Gasteiger charge is -2.24. The van der Waals surface area contributed by atoms with Gasteiger partial charge in [-0.05, 0) is 66.9 Å². The van der Waals surface area contributed by atoms with E-state index in [-0.39, 0.29) is 12.1 Å². The molecule has 142 valence electrons. The summed E-state index contributed by atoms with van der Waals surface area (Å²) >= 11 is 3.61. The Kier molecular flexibility index (Phi) is 7.50. The molecule has 0 unspecified atom stereocenters. The summed E-state index contributed by atoms with van der Waals surface area (Å²) < 4.78 is 12.7. The number of aliphatic hydroxyl groups is 1. The van der Waals surface area contributed by atoms with Crippen LogP contribution in [0.15, 0.2) is 40.9 Å². The Hall–Kier alpha value is -1.56. The molecule has 2 aromatic rings. The lowest BCUT2D eigenvalue weighted by molar-refractivity contribution is 0.187. The smallest absolute Gasteiger partial charge is 0.175 e. The zero-order chi connectivity index (χ0) is 19.2. The summed E-state index contributed by atoms with van der Waals surface area (Å²) in [4.78, 5) is 0. The van der Waals surface area contributed by atoms with Gasteiger partial charge < -0.3 is 19.9 Å². The summed E-state index contributed by atoms with van der Waals surface area (Å²) in [5.74, 6) is 1.42. The first-order chi connectivity index (χ1) is 12.3. The first-order valence-corrected chi connectivity index (χ1v) is 9.63. The van der Waals surface area contributed by atoms with E-state index < -0.39 is 0 Å². The molecular weight excluding hydrogens is 394 g/mol. The maximum atomic E-state index is 9.39. The summed E-state index contributed by atoms with van der Waals surface area (Å²) in [5.41, 5.74) is 3.07. The van der Waals surface area contributed by atoms with Crippen molar-refractivity contribution in [3.05, 3.63) is 57.6 Å². The minimum absolute atomic E-state index is 0.0736. The summed E-state index contributed by atoms with van der Waals surface area (Å²) in [6.07, 6.45) is 0. The fourth-order valence-corrected chi connectivity index (χ4v) is 2.97. The third kappa shape index (κ3) is 6.01. The third-order valence-corrected chi connectivity index (χ3v) is 4.63. The highest BCUT2D eigenvalue weighted by molar-refractivity contribution is 9.10. The van der Waals surface area contributed by atoms with E-state index in [1.807, 2.05) is 32.9 Å². The molecule has 2 N–H and O–H groups in total. The minimum atomic E-state index is -0.334. The molecule has 0 saturated heterocycles. The molecule has 2 aromatic carbocycles. The standard InChI is InChI=1S/C21H28BrNO3/c1-5-25-19-11-17(12-23-21(3,4)14-24)10-18(22)20(19)26-13-16-8-6-15(2)7-9-16/h6-11,23-24H,5,12-14H2,1-4H3. The molecule has 26 heavy (non-hydrogen) atoms. The molecule has 0 aliphatic rings. The molecule has 0 saturated carbocycles. The van der Waals surface area contributed by atoms with E-state index in [0.717, 1.165) is 15.6 Å². The Morgan fingerprint density at radius 1 is 1.08 bits per heavy atom. The van der Waals surface area contributed by atoms with Crippen molar-refractivity contribution in [1.29, 1.82) is 0 Å². The van der Waals surface area contributed by atoms with E-state index in [2.05, 4.69) is 52.4 Å². The van der Waals surface area contributed by atoms with E-state index in [0.29, 0.717) is 31.3 Å². The van der Waals surface area contributed by atoms with E-state index >= 15 is 0 Å².